The van der Waals surface area contributed by atoms with Gasteiger partial charge in [-0.2, -0.15) is 0 Å². The molecule has 2 N–H and O–H groups in total. The molecule has 0 aromatic heterocycles. The average molecular weight is 311 g/mol. The van der Waals surface area contributed by atoms with E-state index in [2.05, 4.69) is 4.90 Å². The molecule has 4 nitrogen and oxygen atoms in total. The zero-order valence-corrected chi connectivity index (χ0v) is 13.0. The topological polar surface area (TPSA) is 60.8 Å². The third-order valence-electron chi connectivity index (χ3n) is 4.49. The van der Waals surface area contributed by atoms with Crippen molar-refractivity contribution in [2.45, 2.75) is 24.9 Å². The van der Waals surface area contributed by atoms with Gasteiger partial charge in [-0.25, -0.2) is 4.79 Å². The van der Waals surface area contributed by atoms with Crippen molar-refractivity contribution in [1.29, 1.82) is 0 Å². The zero-order valence-electron chi connectivity index (χ0n) is 13.0. The Morgan fingerprint density at radius 2 is 1.57 bits per heavy atom. The molecule has 0 amide bonds. The van der Waals surface area contributed by atoms with Gasteiger partial charge < -0.3 is 15.1 Å². The second-order valence-electron chi connectivity index (χ2n) is 5.98. The summed E-state index contributed by atoms with van der Waals surface area (Å²) >= 11 is 0. The van der Waals surface area contributed by atoms with Crippen LogP contribution in [0, 0.1) is 0 Å². The van der Waals surface area contributed by atoms with E-state index in [9.17, 15) is 15.0 Å². The largest absolute Gasteiger partial charge is 0.479 e. The Balaban J connectivity index is 2.02. The minimum atomic E-state index is -2.03. The van der Waals surface area contributed by atoms with Gasteiger partial charge in [0.15, 0.2) is 0 Å². The number of nitrogens with zero attached hydrogens (tertiary/aromatic N) is 1. The molecule has 0 aliphatic carbocycles. The minimum absolute atomic E-state index is 0.364. The van der Waals surface area contributed by atoms with Crippen molar-refractivity contribution in [1.82, 2.24) is 0 Å². The molecule has 1 heterocycles. The molecule has 0 radical (unpaired) electrons. The van der Waals surface area contributed by atoms with Crippen LogP contribution < -0.4 is 4.90 Å². The Kier molecular flexibility index (Phi) is 4.35. The van der Waals surface area contributed by atoms with Gasteiger partial charge in [-0.1, -0.05) is 42.5 Å². The number of carboxylic acid groups (broad SMARTS) is 1. The molecule has 1 saturated heterocycles. The summed E-state index contributed by atoms with van der Waals surface area (Å²) in [4.78, 5) is 14.1. The number of hydrogen-bond acceptors (Lipinski definition) is 3. The molecule has 1 atom stereocenters. The first kappa shape index (κ1) is 15.6. The molecule has 2 aromatic carbocycles. The Labute approximate surface area is 136 Å². The van der Waals surface area contributed by atoms with Gasteiger partial charge >= 0.3 is 5.97 Å². The normalized spacial score (nSPS) is 17.5. The molecule has 1 aliphatic rings. The van der Waals surface area contributed by atoms with E-state index in [4.69, 9.17) is 0 Å². The van der Waals surface area contributed by atoms with Gasteiger partial charge in [0.1, 0.15) is 0 Å². The fraction of sp³-hybridized carbons (Fsp3) is 0.316. The lowest BCUT2D eigenvalue weighted by molar-refractivity contribution is -0.155. The van der Waals surface area contributed by atoms with Crippen LogP contribution in [0.15, 0.2) is 54.6 Å². The SMILES string of the molecule is O=C(O)C(O)(c1ccccc1)c1cccc(N2CCCCC2)c1. The number of carboxylic acids is 1. The van der Waals surface area contributed by atoms with E-state index in [-0.39, 0.29) is 0 Å². The first-order valence-corrected chi connectivity index (χ1v) is 7.99. The van der Waals surface area contributed by atoms with E-state index in [0.29, 0.717) is 11.1 Å². The van der Waals surface area contributed by atoms with E-state index >= 15 is 0 Å². The number of piperidine rings is 1. The lowest BCUT2D eigenvalue weighted by atomic mass is 9.86. The predicted octanol–water partition coefficient (Wildman–Crippen LogP) is 3.00. The van der Waals surface area contributed by atoms with Crippen molar-refractivity contribution in [3.63, 3.8) is 0 Å². The molecule has 23 heavy (non-hydrogen) atoms. The van der Waals surface area contributed by atoms with Gasteiger partial charge in [0, 0.05) is 24.3 Å². The average Bonchev–Trinajstić information content (AvgIpc) is 2.62. The van der Waals surface area contributed by atoms with Crippen LogP contribution in [-0.4, -0.2) is 29.3 Å². The molecule has 0 bridgehead atoms. The number of aliphatic carboxylic acids is 1. The van der Waals surface area contributed by atoms with E-state index < -0.39 is 11.6 Å². The third kappa shape index (κ3) is 2.94. The second-order valence-corrected chi connectivity index (χ2v) is 5.98. The zero-order chi connectivity index (χ0) is 16.3. The third-order valence-corrected chi connectivity index (χ3v) is 4.49. The Bertz CT molecular complexity index is 680. The van der Waals surface area contributed by atoms with Crippen molar-refractivity contribution < 1.29 is 15.0 Å². The van der Waals surface area contributed by atoms with Crippen molar-refractivity contribution in [3.05, 3.63) is 65.7 Å². The summed E-state index contributed by atoms with van der Waals surface area (Å²) in [7, 11) is 0. The number of benzene rings is 2. The van der Waals surface area contributed by atoms with E-state index in [0.717, 1.165) is 31.6 Å². The first-order valence-electron chi connectivity index (χ1n) is 7.99. The number of aliphatic hydroxyl groups is 1. The molecule has 0 saturated carbocycles. The lowest BCUT2D eigenvalue weighted by Crippen LogP contribution is -2.37. The monoisotopic (exact) mass is 311 g/mol. The van der Waals surface area contributed by atoms with E-state index in [1.54, 1.807) is 42.5 Å². The maximum atomic E-state index is 11.8. The summed E-state index contributed by atoms with van der Waals surface area (Å²) in [5, 5.41) is 20.6. The summed E-state index contributed by atoms with van der Waals surface area (Å²) in [5.74, 6) is -1.26. The lowest BCUT2D eigenvalue weighted by Gasteiger charge is -2.31. The molecule has 4 heteroatoms. The fourth-order valence-corrected chi connectivity index (χ4v) is 3.17. The maximum Gasteiger partial charge on any atom is 0.345 e. The van der Waals surface area contributed by atoms with Crippen LogP contribution in [-0.2, 0) is 10.4 Å². The predicted molar refractivity (Wildman–Crippen MR) is 89.6 cm³/mol. The molecular weight excluding hydrogens is 290 g/mol. The molecule has 120 valence electrons. The Hall–Kier alpha value is -2.33. The summed E-state index contributed by atoms with van der Waals surface area (Å²) < 4.78 is 0. The second kappa shape index (κ2) is 6.42. The highest BCUT2D eigenvalue weighted by Crippen LogP contribution is 2.32. The molecule has 1 aliphatic heterocycles. The van der Waals surface area contributed by atoms with Gasteiger partial charge in [0.25, 0.3) is 0 Å². The summed E-state index contributed by atoms with van der Waals surface area (Å²) in [6.45, 7) is 1.95. The highest BCUT2D eigenvalue weighted by molar-refractivity contribution is 5.84. The summed E-state index contributed by atoms with van der Waals surface area (Å²) in [5.41, 5.74) is -0.312. The highest BCUT2D eigenvalue weighted by atomic mass is 16.4. The number of hydrogen-bond donors (Lipinski definition) is 2. The van der Waals surface area contributed by atoms with Gasteiger partial charge in [0.2, 0.25) is 5.60 Å². The van der Waals surface area contributed by atoms with Crippen molar-refractivity contribution in [2.75, 3.05) is 18.0 Å². The summed E-state index contributed by atoms with van der Waals surface area (Å²) in [6.07, 6.45) is 3.53. The molecule has 3 rings (SSSR count). The van der Waals surface area contributed by atoms with Gasteiger partial charge in [-0.15, -0.1) is 0 Å². The van der Waals surface area contributed by atoms with Gasteiger partial charge in [-0.3, -0.25) is 0 Å². The standard InChI is InChI=1S/C19H21NO3/c21-18(22)19(23,15-8-3-1-4-9-15)16-10-7-11-17(14-16)20-12-5-2-6-13-20/h1,3-4,7-11,14,23H,2,5-6,12-13H2,(H,21,22). The quantitative estimate of drug-likeness (QED) is 0.911. The van der Waals surface area contributed by atoms with Crippen LogP contribution in [0.3, 0.4) is 0 Å². The number of anilines is 1. The Morgan fingerprint density at radius 3 is 2.22 bits per heavy atom. The van der Waals surface area contributed by atoms with Crippen molar-refractivity contribution >= 4 is 11.7 Å². The molecule has 1 fully saturated rings. The number of carbonyl (C=O) groups is 1. The van der Waals surface area contributed by atoms with Crippen LogP contribution in [0.5, 0.6) is 0 Å². The molecular formula is C19H21NO3. The van der Waals surface area contributed by atoms with Crippen LogP contribution in [0.4, 0.5) is 5.69 Å². The Morgan fingerprint density at radius 1 is 0.913 bits per heavy atom. The van der Waals surface area contributed by atoms with Crippen LogP contribution >= 0.6 is 0 Å². The smallest absolute Gasteiger partial charge is 0.345 e. The summed E-state index contributed by atoms with van der Waals surface area (Å²) in [6, 6.07) is 15.8. The molecule has 1 unspecified atom stereocenters. The van der Waals surface area contributed by atoms with Crippen LogP contribution in [0.25, 0.3) is 0 Å². The molecule has 0 spiro atoms. The van der Waals surface area contributed by atoms with Crippen LogP contribution in [0.1, 0.15) is 30.4 Å². The number of rotatable bonds is 4. The van der Waals surface area contributed by atoms with Crippen molar-refractivity contribution in [2.24, 2.45) is 0 Å². The van der Waals surface area contributed by atoms with E-state index in [1.807, 2.05) is 12.1 Å². The van der Waals surface area contributed by atoms with E-state index in [1.165, 1.54) is 6.42 Å². The highest BCUT2D eigenvalue weighted by Gasteiger charge is 2.40. The van der Waals surface area contributed by atoms with Gasteiger partial charge in [-0.05, 0) is 37.0 Å². The molecule has 2 aromatic rings. The fourth-order valence-electron chi connectivity index (χ4n) is 3.17. The minimum Gasteiger partial charge on any atom is -0.479 e. The maximum absolute atomic E-state index is 11.8. The van der Waals surface area contributed by atoms with Crippen LogP contribution in [0.2, 0.25) is 0 Å². The first-order chi connectivity index (χ1) is 11.1. The van der Waals surface area contributed by atoms with Crippen molar-refractivity contribution in [3.8, 4) is 0 Å². The van der Waals surface area contributed by atoms with Gasteiger partial charge in [0.05, 0.1) is 0 Å².